The molecule has 0 spiro atoms. The number of carbonyl (C=O) groups excluding carboxylic acids is 2. The van der Waals surface area contributed by atoms with Crippen LogP contribution in [0.4, 0.5) is 28.7 Å². The van der Waals surface area contributed by atoms with E-state index < -0.39 is 44.8 Å². The fourth-order valence-electron chi connectivity index (χ4n) is 3.35. The van der Waals surface area contributed by atoms with E-state index in [2.05, 4.69) is 15.4 Å². The Balaban J connectivity index is 1.90. The van der Waals surface area contributed by atoms with E-state index in [0.717, 1.165) is 28.3 Å². The number of benzene rings is 1. The molecule has 36 heavy (non-hydrogen) atoms. The predicted molar refractivity (Wildman–Crippen MR) is 130 cm³/mol. The third-order valence-corrected chi connectivity index (χ3v) is 8.09. The molecule has 9 nitrogen and oxygen atoms in total. The quantitative estimate of drug-likeness (QED) is 0.540. The first kappa shape index (κ1) is 27.4. The maximum Gasteiger partial charge on any atom is 0.418 e. The van der Waals surface area contributed by atoms with Gasteiger partial charge in [0.25, 0.3) is 5.91 Å². The summed E-state index contributed by atoms with van der Waals surface area (Å²) < 4.78 is 66.4. The van der Waals surface area contributed by atoms with Crippen LogP contribution in [0.5, 0.6) is 0 Å². The van der Waals surface area contributed by atoms with Crippen LogP contribution in [0.2, 0.25) is 0 Å². The van der Waals surface area contributed by atoms with Crippen LogP contribution < -0.4 is 15.4 Å². The molecule has 0 bridgehead atoms. The lowest BCUT2D eigenvalue weighted by molar-refractivity contribution is -0.136. The highest BCUT2D eigenvalue weighted by Crippen LogP contribution is 2.38. The number of halogens is 3. The van der Waals surface area contributed by atoms with E-state index in [9.17, 15) is 31.2 Å². The molecular weight excluding hydrogens is 519 g/mol. The van der Waals surface area contributed by atoms with E-state index in [1.54, 1.807) is 12.1 Å². The number of rotatable bonds is 3. The zero-order chi connectivity index (χ0) is 26.9. The minimum absolute atomic E-state index is 0.0342. The molecule has 1 saturated heterocycles. The molecule has 3 rings (SSSR count). The van der Waals surface area contributed by atoms with E-state index >= 15 is 0 Å². The van der Waals surface area contributed by atoms with Crippen LogP contribution in [0.15, 0.2) is 24.3 Å². The normalized spacial score (nSPS) is 16.1. The molecule has 2 heterocycles. The van der Waals surface area contributed by atoms with Crippen LogP contribution in [0.3, 0.4) is 0 Å². The summed E-state index contributed by atoms with van der Waals surface area (Å²) in [5, 5.41) is 13.6. The van der Waals surface area contributed by atoms with Gasteiger partial charge in [0.1, 0.15) is 5.00 Å². The minimum atomic E-state index is -4.82. The molecule has 0 atom stereocenters. The van der Waals surface area contributed by atoms with Crippen molar-refractivity contribution in [2.45, 2.75) is 32.4 Å². The van der Waals surface area contributed by atoms with Gasteiger partial charge in [-0.15, -0.1) is 11.3 Å². The lowest BCUT2D eigenvalue weighted by Crippen LogP contribution is -2.35. The first-order chi connectivity index (χ1) is 16.6. The third kappa shape index (κ3) is 6.54. The van der Waals surface area contributed by atoms with Gasteiger partial charge >= 0.3 is 12.2 Å². The number of thiophene rings is 1. The van der Waals surface area contributed by atoms with Gasteiger partial charge < -0.3 is 10.2 Å². The Kier molecular flexibility index (Phi) is 7.68. The molecule has 0 unspecified atom stereocenters. The van der Waals surface area contributed by atoms with Crippen molar-refractivity contribution in [3.05, 3.63) is 45.8 Å². The SMILES string of the molecule is CC(C)(C)c1cc(C(=O)N2CCNS(=O)(=O)CC2)c(NC(=O)Nc2ccc(C#N)cc2C(F)(F)F)s1. The first-order valence-electron chi connectivity index (χ1n) is 10.7. The molecular formula is C22H24F3N5O4S2. The molecule has 194 valence electrons. The number of anilines is 2. The van der Waals surface area contributed by atoms with Crippen molar-refractivity contribution < 1.29 is 31.2 Å². The lowest BCUT2D eigenvalue weighted by Gasteiger charge is -2.20. The smallest absolute Gasteiger partial charge is 0.336 e. The minimum Gasteiger partial charge on any atom is -0.336 e. The Hall–Kier alpha value is -3.15. The molecule has 0 radical (unpaired) electrons. The highest BCUT2D eigenvalue weighted by atomic mass is 32.2. The Morgan fingerprint density at radius 1 is 1.14 bits per heavy atom. The second-order valence-corrected chi connectivity index (χ2v) is 12.0. The maximum absolute atomic E-state index is 13.5. The second-order valence-electron chi connectivity index (χ2n) is 9.06. The summed E-state index contributed by atoms with van der Waals surface area (Å²) in [6.45, 7) is 5.78. The number of hydrogen-bond donors (Lipinski definition) is 3. The topological polar surface area (TPSA) is 131 Å². The summed E-state index contributed by atoms with van der Waals surface area (Å²) in [7, 11) is -3.50. The van der Waals surface area contributed by atoms with E-state index in [4.69, 9.17) is 5.26 Å². The van der Waals surface area contributed by atoms with Gasteiger partial charge in [0, 0.05) is 24.5 Å². The average Bonchev–Trinajstić information content (AvgIpc) is 3.10. The molecule has 0 saturated carbocycles. The average molecular weight is 544 g/mol. The third-order valence-electron chi connectivity index (χ3n) is 5.25. The first-order valence-corrected chi connectivity index (χ1v) is 13.2. The van der Waals surface area contributed by atoms with Crippen molar-refractivity contribution in [3.63, 3.8) is 0 Å². The number of urea groups is 1. The number of carbonyl (C=O) groups is 2. The van der Waals surface area contributed by atoms with E-state index in [1.165, 1.54) is 4.90 Å². The summed E-state index contributed by atoms with van der Waals surface area (Å²) >= 11 is 1.10. The zero-order valence-corrected chi connectivity index (χ0v) is 21.2. The van der Waals surface area contributed by atoms with Gasteiger partial charge in [0.05, 0.1) is 34.2 Å². The summed E-state index contributed by atoms with van der Waals surface area (Å²) in [5.74, 6) is -0.790. The van der Waals surface area contributed by atoms with Gasteiger partial charge in [-0.25, -0.2) is 17.9 Å². The molecule has 3 N–H and O–H groups in total. The fourth-order valence-corrected chi connectivity index (χ4v) is 5.46. The van der Waals surface area contributed by atoms with E-state index in [1.807, 2.05) is 20.8 Å². The van der Waals surface area contributed by atoms with Crippen LogP contribution in [0.1, 0.15) is 47.1 Å². The molecule has 2 aromatic rings. The van der Waals surface area contributed by atoms with Gasteiger partial charge in [-0.1, -0.05) is 20.8 Å². The van der Waals surface area contributed by atoms with Crippen LogP contribution in [0.25, 0.3) is 0 Å². The molecule has 1 aliphatic rings. The number of nitrogens with zero attached hydrogens (tertiary/aromatic N) is 2. The molecule has 1 aliphatic heterocycles. The Morgan fingerprint density at radius 3 is 2.44 bits per heavy atom. The zero-order valence-electron chi connectivity index (χ0n) is 19.6. The number of nitriles is 1. The number of amides is 3. The van der Waals surface area contributed by atoms with Crippen LogP contribution in [0, 0.1) is 11.3 Å². The molecule has 1 aromatic carbocycles. The van der Waals surface area contributed by atoms with E-state index in [0.29, 0.717) is 6.07 Å². The molecule has 1 aromatic heterocycles. The van der Waals surface area contributed by atoms with Gasteiger partial charge in [-0.05, 0) is 29.7 Å². The second kappa shape index (κ2) is 10.1. The Morgan fingerprint density at radius 2 is 1.83 bits per heavy atom. The van der Waals surface area contributed by atoms with Crippen molar-refractivity contribution in [1.82, 2.24) is 9.62 Å². The van der Waals surface area contributed by atoms with E-state index in [-0.39, 0.29) is 41.5 Å². The standard InChI is InChI=1S/C22H24F3N5O4S2/c1-21(2,3)17-11-14(19(31)30-7-6-27-36(33,34)9-8-30)18(35-17)29-20(32)28-16-5-4-13(12-26)10-15(16)22(23,24)25/h4-5,10-11,27H,6-9H2,1-3H3,(H2,28,29,32). The number of hydrogen-bond acceptors (Lipinski definition) is 6. The van der Waals surface area contributed by atoms with Crippen molar-refractivity contribution in [1.29, 1.82) is 5.26 Å². The lowest BCUT2D eigenvalue weighted by atomic mass is 9.94. The van der Waals surface area contributed by atoms with Crippen LogP contribution in [-0.2, 0) is 21.6 Å². The highest BCUT2D eigenvalue weighted by molar-refractivity contribution is 7.89. The molecule has 1 fully saturated rings. The Labute approximate surface area is 210 Å². The summed E-state index contributed by atoms with van der Waals surface area (Å²) in [6, 6.07) is 4.97. The molecule has 0 aliphatic carbocycles. The van der Waals surface area contributed by atoms with Gasteiger partial charge in [-0.3, -0.25) is 10.1 Å². The van der Waals surface area contributed by atoms with Crippen molar-refractivity contribution in [3.8, 4) is 6.07 Å². The monoisotopic (exact) mass is 543 g/mol. The fraction of sp³-hybridized carbons (Fsp3) is 0.409. The van der Waals surface area contributed by atoms with Crippen LogP contribution >= 0.6 is 11.3 Å². The summed E-state index contributed by atoms with van der Waals surface area (Å²) in [4.78, 5) is 28.1. The van der Waals surface area contributed by atoms with Crippen LogP contribution in [-0.4, -0.2) is 50.6 Å². The summed E-state index contributed by atoms with van der Waals surface area (Å²) in [6.07, 6.45) is -4.82. The molecule has 3 amide bonds. The maximum atomic E-state index is 13.5. The highest BCUT2D eigenvalue weighted by Gasteiger charge is 2.35. The Bertz CT molecular complexity index is 1320. The number of alkyl halides is 3. The summed E-state index contributed by atoms with van der Waals surface area (Å²) in [5.41, 5.74) is -2.26. The largest absolute Gasteiger partial charge is 0.418 e. The number of sulfonamides is 1. The van der Waals surface area contributed by atoms with Gasteiger partial charge in [0.15, 0.2) is 0 Å². The van der Waals surface area contributed by atoms with Crippen molar-refractivity contribution in [2.75, 3.05) is 36.0 Å². The van der Waals surface area contributed by atoms with Crippen molar-refractivity contribution in [2.24, 2.45) is 0 Å². The predicted octanol–water partition coefficient (Wildman–Crippen LogP) is 3.96. The number of nitrogens with one attached hydrogen (secondary N) is 3. The molecule has 14 heteroatoms. The van der Waals surface area contributed by atoms with Gasteiger partial charge in [0.2, 0.25) is 10.0 Å². The van der Waals surface area contributed by atoms with Crippen molar-refractivity contribution >= 4 is 44.0 Å². The van der Waals surface area contributed by atoms with Gasteiger partial charge in [-0.2, -0.15) is 18.4 Å².